The standard InChI is InChI=1S/C23H25N3O4S/c1-14(2)30-19-10-9-16(11-20(19)29-4)23(28)24-12-22(27)26-25-15(3)18-13-31-21-8-6-5-7-17(18)21/h5-11,13-14H,12H2,1-4H3,(H,24,28)(H,26,27)/b25-15+. The van der Waals surface area contributed by atoms with Crippen LogP contribution in [0.3, 0.4) is 0 Å². The van der Waals surface area contributed by atoms with Gasteiger partial charge in [-0.15, -0.1) is 11.3 Å². The molecule has 3 rings (SSSR count). The number of fused-ring (bicyclic) bond motifs is 1. The lowest BCUT2D eigenvalue weighted by atomic mass is 10.1. The summed E-state index contributed by atoms with van der Waals surface area (Å²) in [4.78, 5) is 24.5. The number of hydrogen-bond acceptors (Lipinski definition) is 6. The summed E-state index contributed by atoms with van der Waals surface area (Å²) in [6, 6.07) is 12.9. The summed E-state index contributed by atoms with van der Waals surface area (Å²) in [5, 5.41) is 9.86. The van der Waals surface area contributed by atoms with E-state index in [1.165, 1.54) is 7.11 Å². The van der Waals surface area contributed by atoms with Crippen molar-refractivity contribution in [3.8, 4) is 11.5 Å². The topological polar surface area (TPSA) is 89.0 Å². The highest BCUT2D eigenvalue weighted by atomic mass is 32.1. The number of nitrogens with one attached hydrogen (secondary N) is 2. The first-order chi connectivity index (χ1) is 14.9. The van der Waals surface area contributed by atoms with Gasteiger partial charge in [-0.05, 0) is 45.0 Å². The van der Waals surface area contributed by atoms with Crippen LogP contribution < -0.4 is 20.2 Å². The Labute approximate surface area is 185 Å². The van der Waals surface area contributed by atoms with Gasteiger partial charge in [-0.2, -0.15) is 5.10 Å². The third-order valence-corrected chi connectivity index (χ3v) is 5.38. The van der Waals surface area contributed by atoms with Gasteiger partial charge in [-0.25, -0.2) is 5.43 Å². The van der Waals surface area contributed by atoms with Crippen molar-refractivity contribution in [1.29, 1.82) is 0 Å². The van der Waals surface area contributed by atoms with Crippen molar-refractivity contribution in [2.24, 2.45) is 5.10 Å². The molecule has 162 valence electrons. The molecule has 3 aromatic rings. The molecule has 0 aliphatic rings. The molecule has 0 radical (unpaired) electrons. The van der Waals surface area contributed by atoms with E-state index in [-0.39, 0.29) is 12.6 Å². The quantitative estimate of drug-likeness (QED) is 0.411. The lowest BCUT2D eigenvalue weighted by Gasteiger charge is -2.14. The lowest BCUT2D eigenvalue weighted by molar-refractivity contribution is -0.120. The first kappa shape index (κ1) is 22.3. The Morgan fingerprint density at radius 2 is 1.90 bits per heavy atom. The van der Waals surface area contributed by atoms with E-state index in [0.29, 0.717) is 22.8 Å². The lowest BCUT2D eigenvalue weighted by Crippen LogP contribution is -2.35. The van der Waals surface area contributed by atoms with Gasteiger partial charge in [0.25, 0.3) is 11.8 Å². The van der Waals surface area contributed by atoms with Crippen LogP contribution in [0.15, 0.2) is 52.9 Å². The Morgan fingerprint density at radius 3 is 2.65 bits per heavy atom. The van der Waals surface area contributed by atoms with Crippen molar-refractivity contribution in [2.75, 3.05) is 13.7 Å². The number of rotatable bonds is 8. The van der Waals surface area contributed by atoms with Crippen LogP contribution in [-0.4, -0.2) is 37.3 Å². The highest BCUT2D eigenvalue weighted by Gasteiger charge is 2.13. The summed E-state index contributed by atoms with van der Waals surface area (Å²) in [6.45, 7) is 5.44. The van der Waals surface area contributed by atoms with Crippen LogP contribution in [0.2, 0.25) is 0 Å². The highest BCUT2D eigenvalue weighted by molar-refractivity contribution is 7.17. The zero-order valence-electron chi connectivity index (χ0n) is 17.9. The number of nitrogens with zero attached hydrogens (tertiary/aromatic N) is 1. The molecule has 2 aromatic carbocycles. The van der Waals surface area contributed by atoms with E-state index in [1.54, 1.807) is 29.5 Å². The van der Waals surface area contributed by atoms with Crippen molar-refractivity contribution >= 4 is 38.9 Å². The fourth-order valence-corrected chi connectivity index (χ4v) is 3.93. The Bertz CT molecular complexity index is 1120. The molecule has 0 aliphatic carbocycles. The predicted octanol–water partition coefficient (Wildman–Crippen LogP) is 3.97. The van der Waals surface area contributed by atoms with Crippen LogP contribution in [0.4, 0.5) is 0 Å². The van der Waals surface area contributed by atoms with Crippen molar-refractivity contribution < 1.29 is 19.1 Å². The van der Waals surface area contributed by atoms with E-state index < -0.39 is 11.8 Å². The molecule has 0 saturated heterocycles. The second-order valence-corrected chi connectivity index (χ2v) is 8.00. The number of benzene rings is 2. The Morgan fingerprint density at radius 1 is 1.13 bits per heavy atom. The molecular formula is C23H25N3O4S. The number of carbonyl (C=O) groups is 2. The van der Waals surface area contributed by atoms with Crippen molar-refractivity contribution in [2.45, 2.75) is 26.9 Å². The van der Waals surface area contributed by atoms with Crippen molar-refractivity contribution in [3.05, 3.63) is 59.0 Å². The molecule has 1 aromatic heterocycles. The Hall–Kier alpha value is -3.39. The van der Waals surface area contributed by atoms with E-state index in [9.17, 15) is 9.59 Å². The molecule has 1 heterocycles. The SMILES string of the molecule is COc1cc(C(=O)NCC(=O)N/N=C(\C)c2csc3ccccc23)ccc1OC(C)C. The molecule has 2 N–H and O–H groups in total. The summed E-state index contributed by atoms with van der Waals surface area (Å²) >= 11 is 1.63. The highest BCUT2D eigenvalue weighted by Crippen LogP contribution is 2.29. The van der Waals surface area contributed by atoms with Gasteiger partial charge in [0.15, 0.2) is 11.5 Å². The minimum absolute atomic E-state index is 0.0200. The van der Waals surface area contributed by atoms with E-state index >= 15 is 0 Å². The Balaban J connectivity index is 1.58. The number of thiophene rings is 1. The summed E-state index contributed by atoms with van der Waals surface area (Å²) in [6.07, 6.45) is -0.0200. The summed E-state index contributed by atoms with van der Waals surface area (Å²) < 4.78 is 12.1. The smallest absolute Gasteiger partial charge is 0.259 e. The van der Waals surface area contributed by atoms with Gasteiger partial charge < -0.3 is 14.8 Å². The van der Waals surface area contributed by atoms with Crippen LogP contribution in [0.5, 0.6) is 11.5 Å². The number of amides is 2. The molecule has 8 heteroatoms. The summed E-state index contributed by atoms with van der Waals surface area (Å²) in [7, 11) is 1.51. The second kappa shape index (κ2) is 10.1. The first-order valence-corrected chi connectivity index (χ1v) is 10.7. The molecule has 0 bridgehead atoms. The van der Waals surface area contributed by atoms with Gasteiger partial charge in [0.05, 0.1) is 25.5 Å². The zero-order chi connectivity index (χ0) is 22.4. The van der Waals surface area contributed by atoms with Crippen LogP contribution in [-0.2, 0) is 4.79 Å². The molecule has 0 unspecified atom stereocenters. The number of hydrogen-bond donors (Lipinski definition) is 2. The van der Waals surface area contributed by atoms with Crippen molar-refractivity contribution in [3.63, 3.8) is 0 Å². The largest absolute Gasteiger partial charge is 0.493 e. The van der Waals surface area contributed by atoms with Crippen LogP contribution in [0.1, 0.15) is 36.7 Å². The van der Waals surface area contributed by atoms with Crippen LogP contribution >= 0.6 is 11.3 Å². The average molecular weight is 440 g/mol. The molecule has 7 nitrogen and oxygen atoms in total. The number of ether oxygens (including phenoxy) is 2. The third-order valence-electron chi connectivity index (χ3n) is 4.42. The Kier molecular flexibility index (Phi) is 7.25. The molecular weight excluding hydrogens is 414 g/mol. The van der Waals surface area contributed by atoms with E-state index in [4.69, 9.17) is 9.47 Å². The zero-order valence-corrected chi connectivity index (χ0v) is 18.7. The number of hydrazone groups is 1. The predicted molar refractivity (Wildman–Crippen MR) is 123 cm³/mol. The molecule has 0 saturated carbocycles. The molecule has 31 heavy (non-hydrogen) atoms. The van der Waals surface area contributed by atoms with E-state index in [1.807, 2.05) is 50.4 Å². The van der Waals surface area contributed by atoms with Gasteiger partial charge in [0, 0.05) is 26.6 Å². The monoisotopic (exact) mass is 439 g/mol. The maximum Gasteiger partial charge on any atom is 0.259 e. The van der Waals surface area contributed by atoms with Gasteiger partial charge in [-0.3, -0.25) is 9.59 Å². The normalized spacial score (nSPS) is 11.5. The third kappa shape index (κ3) is 5.61. The van der Waals surface area contributed by atoms with Crippen LogP contribution in [0.25, 0.3) is 10.1 Å². The maximum atomic E-state index is 12.4. The van der Waals surface area contributed by atoms with Gasteiger partial charge in [0.2, 0.25) is 0 Å². The van der Waals surface area contributed by atoms with Gasteiger partial charge in [-0.1, -0.05) is 18.2 Å². The fraction of sp³-hybridized carbons (Fsp3) is 0.261. The summed E-state index contributed by atoms with van der Waals surface area (Å²) in [5.41, 5.74) is 4.53. The number of carbonyl (C=O) groups excluding carboxylic acids is 2. The van der Waals surface area contributed by atoms with Crippen molar-refractivity contribution in [1.82, 2.24) is 10.7 Å². The van der Waals surface area contributed by atoms with Gasteiger partial charge >= 0.3 is 0 Å². The van der Waals surface area contributed by atoms with E-state index in [0.717, 1.165) is 15.6 Å². The molecule has 0 fully saturated rings. The summed E-state index contributed by atoms with van der Waals surface area (Å²) in [5.74, 6) is 0.194. The minimum Gasteiger partial charge on any atom is -0.493 e. The molecule has 0 spiro atoms. The molecule has 0 aliphatic heterocycles. The first-order valence-electron chi connectivity index (χ1n) is 9.81. The minimum atomic E-state index is -0.418. The average Bonchev–Trinajstić information content (AvgIpc) is 3.20. The van der Waals surface area contributed by atoms with Crippen LogP contribution in [0, 0.1) is 0 Å². The molecule has 0 atom stereocenters. The molecule has 2 amide bonds. The second-order valence-electron chi connectivity index (χ2n) is 7.09. The number of methoxy groups -OCH3 is 1. The fourth-order valence-electron chi connectivity index (χ4n) is 2.93. The maximum absolute atomic E-state index is 12.4. The van der Waals surface area contributed by atoms with E-state index in [2.05, 4.69) is 15.8 Å². The van der Waals surface area contributed by atoms with Gasteiger partial charge in [0.1, 0.15) is 0 Å².